The highest BCUT2D eigenvalue weighted by atomic mass is 16.5. The second kappa shape index (κ2) is 7.38. The average Bonchev–Trinajstić information content (AvgIpc) is 3.08. The summed E-state index contributed by atoms with van der Waals surface area (Å²) in [5.41, 5.74) is 2.17. The number of hydrogen-bond donors (Lipinski definition) is 2. The molecule has 3 aromatic rings. The van der Waals surface area contributed by atoms with Crippen molar-refractivity contribution in [1.29, 1.82) is 0 Å². The van der Waals surface area contributed by atoms with E-state index < -0.39 is 0 Å². The van der Waals surface area contributed by atoms with E-state index in [-0.39, 0.29) is 0 Å². The molecule has 8 nitrogen and oxygen atoms in total. The maximum absolute atomic E-state index is 5.03. The Hall–Kier alpha value is -3.16. The highest BCUT2D eigenvalue weighted by molar-refractivity contribution is 5.60. The van der Waals surface area contributed by atoms with E-state index in [0.29, 0.717) is 17.6 Å². The van der Waals surface area contributed by atoms with Crippen LogP contribution in [0.15, 0.2) is 41.1 Å². The summed E-state index contributed by atoms with van der Waals surface area (Å²) in [6, 6.07) is 10.1. The van der Waals surface area contributed by atoms with Crippen molar-refractivity contribution in [2.75, 3.05) is 28.6 Å². The average molecular weight is 351 g/mol. The van der Waals surface area contributed by atoms with Crippen LogP contribution in [0.5, 0.6) is 0 Å². The lowest BCUT2D eigenvalue weighted by atomic mass is 10.1. The third-order valence-electron chi connectivity index (χ3n) is 4.29. The zero-order chi connectivity index (χ0) is 17.8. The van der Waals surface area contributed by atoms with Crippen LogP contribution in [0.3, 0.4) is 0 Å². The third-order valence-corrected chi connectivity index (χ3v) is 4.29. The molecule has 2 N–H and O–H groups in total. The third kappa shape index (κ3) is 3.90. The minimum Gasteiger partial charge on any atom is -0.372 e. The fourth-order valence-electron chi connectivity index (χ4n) is 3.01. The predicted molar refractivity (Wildman–Crippen MR) is 100 cm³/mol. The van der Waals surface area contributed by atoms with E-state index in [2.05, 4.69) is 48.0 Å². The molecule has 0 spiro atoms. The number of rotatable bonds is 5. The number of piperidine rings is 1. The molecule has 0 amide bonds. The van der Waals surface area contributed by atoms with Crippen molar-refractivity contribution < 1.29 is 4.52 Å². The van der Waals surface area contributed by atoms with Gasteiger partial charge in [0.15, 0.2) is 11.6 Å². The van der Waals surface area contributed by atoms with Crippen LogP contribution in [0.4, 0.5) is 29.0 Å². The lowest BCUT2D eigenvalue weighted by Crippen LogP contribution is -2.29. The molecule has 2 aromatic heterocycles. The molecule has 1 fully saturated rings. The van der Waals surface area contributed by atoms with E-state index in [0.717, 1.165) is 24.5 Å². The number of aromatic nitrogens is 4. The van der Waals surface area contributed by atoms with Gasteiger partial charge in [0, 0.05) is 30.5 Å². The van der Waals surface area contributed by atoms with E-state index in [1.165, 1.54) is 31.1 Å². The second-order valence-corrected chi connectivity index (χ2v) is 6.33. The molecule has 0 unspecified atom stereocenters. The Bertz CT molecular complexity index is 856. The lowest BCUT2D eigenvalue weighted by Gasteiger charge is -2.28. The van der Waals surface area contributed by atoms with Gasteiger partial charge >= 0.3 is 0 Å². The molecule has 134 valence electrons. The molecule has 26 heavy (non-hydrogen) atoms. The van der Waals surface area contributed by atoms with Gasteiger partial charge in [-0.15, -0.1) is 5.10 Å². The Balaban J connectivity index is 1.42. The van der Waals surface area contributed by atoms with Gasteiger partial charge in [0.1, 0.15) is 5.76 Å². The first-order chi connectivity index (χ1) is 12.8. The summed E-state index contributed by atoms with van der Waals surface area (Å²) in [4.78, 5) is 6.82. The molecule has 8 heteroatoms. The van der Waals surface area contributed by atoms with Crippen molar-refractivity contribution in [2.24, 2.45) is 0 Å². The minimum atomic E-state index is 0.418. The molecule has 0 atom stereocenters. The molecular weight excluding hydrogens is 330 g/mol. The van der Waals surface area contributed by atoms with Gasteiger partial charge in [-0.25, -0.2) is 0 Å². The Morgan fingerprint density at radius 2 is 1.81 bits per heavy atom. The molecule has 1 saturated heterocycles. The number of hydrogen-bond acceptors (Lipinski definition) is 8. The minimum absolute atomic E-state index is 0.418. The topological polar surface area (TPSA) is 92.0 Å². The monoisotopic (exact) mass is 351 g/mol. The molecule has 0 aliphatic carbocycles. The number of benzene rings is 1. The van der Waals surface area contributed by atoms with Gasteiger partial charge in [-0.05, 0) is 50.5 Å². The summed E-state index contributed by atoms with van der Waals surface area (Å²) in [6.45, 7) is 4.10. The first kappa shape index (κ1) is 16.3. The first-order valence-electron chi connectivity index (χ1n) is 8.78. The Kier molecular flexibility index (Phi) is 4.63. The number of anilines is 5. The SMILES string of the molecule is Cc1cc(Nc2cnnc(Nc3ccc(N4CCCCC4)cc3)n2)no1. The van der Waals surface area contributed by atoms with Crippen LogP contribution in [0.25, 0.3) is 0 Å². The zero-order valence-electron chi connectivity index (χ0n) is 14.6. The summed E-state index contributed by atoms with van der Waals surface area (Å²) in [5.74, 6) is 2.27. The smallest absolute Gasteiger partial charge is 0.249 e. The van der Waals surface area contributed by atoms with Gasteiger partial charge in [0.25, 0.3) is 0 Å². The van der Waals surface area contributed by atoms with Crippen LogP contribution in [0, 0.1) is 6.92 Å². The predicted octanol–water partition coefficient (Wildman–Crippen LogP) is 3.65. The summed E-state index contributed by atoms with van der Waals surface area (Å²) >= 11 is 0. The molecule has 3 heterocycles. The Morgan fingerprint density at radius 1 is 1.00 bits per heavy atom. The van der Waals surface area contributed by atoms with Crippen LogP contribution >= 0.6 is 0 Å². The van der Waals surface area contributed by atoms with E-state index in [9.17, 15) is 0 Å². The largest absolute Gasteiger partial charge is 0.372 e. The summed E-state index contributed by atoms with van der Waals surface area (Å²) < 4.78 is 5.03. The quantitative estimate of drug-likeness (QED) is 0.720. The first-order valence-corrected chi connectivity index (χ1v) is 8.78. The van der Waals surface area contributed by atoms with Crippen LogP contribution in [0.2, 0.25) is 0 Å². The fraction of sp³-hybridized carbons (Fsp3) is 0.333. The highest BCUT2D eigenvalue weighted by Crippen LogP contribution is 2.23. The van der Waals surface area contributed by atoms with Crippen molar-refractivity contribution in [3.8, 4) is 0 Å². The van der Waals surface area contributed by atoms with Crippen molar-refractivity contribution in [1.82, 2.24) is 20.3 Å². The van der Waals surface area contributed by atoms with Crippen LogP contribution in [0.1, 0.15) is 25.0 Å². The zero-order valence-corrected chi connectivity index (χ0v) is 14.6. The lowest BCUT2D eigenvalue weighted by molar-refractivity contribution is 0.400. The molecule has 0 radical (unpaired) electrons. The van der Waals surface area contributed by atoms with Gasteiger partial charge in [-0.1, -0.05) is 5.16 Å². The molecule has 4 rings (SSSR count). The molecule has 1 aromatic carbocycles. The number of nitrogens with zero attached hydrogens (tertiary/aromatic N) is 5. The summed E-state index contributed by atoms with van der Waals surface area (Å²) in [6.07, 6.45) is 5.40. The van der Waals surface area contributed by atoms with Crippen molar-refractivity contribution in [3.05, 3.63) is 42.3 Å². The Morgan fingerprint density at radius 3 is 2.54 bits per heavy atom. The highest BCUT2D eigenvalue weighted by Gasteiger charge is 2.11. The normalized spacial score (nSPS) is 14.3. The molecule has 1 aliphatic heterocycles. The van der Waals surface area contributed by atoms with Crippen molar-refractivity contribution in [2.45, 2.75) is 26.2 Å². The molecule has 1 aliphatic rings. The van der Waals surface area contributed by atoms with E-state index in [1.807, 2.05) is 19.1 Å². The van der Waals surface area contributed by atoms with Gasteiger partial charge in [-0.3, -0.25) is 0 Å². The van der Waals surface area contributed by atoms with Gasteiger partial charge in [-0.2, -0.15) is 10.1 Å². The number of aryl methyl sites for hydroxylation is 1. The summed E-state index contributed by atoms with van der Waals surface area (Å²) in [5, 5.41) is 18.1. The van der Waals surface area contributed by atoms with Crippen LogP contribution in [-0.2, 0) is 0 Å². The molecule has 0 saturated carbocycles. The standard InChI is InChI=1S/C18H21N7O/c1-13-11-16(24-26-13)21-17-12-19-23-18(22-17)20-14-5-7-15(8-6-14)25-9-3-2-4-10-25/h5-8,11-12H,2-4,9-10H2,1H3,(H2,20,21,22,23,24). The maximum atomic E-state index is 5.03. The van der Waals surface area contributed by atoms with Gasteiger partial charge in [0.2, 0.25) is 5.95 Å². The second-order valence-electron chi connectivity index (χ2n) is 6.33. The van der Waals surface area contributed by atoms with E-state index in [4.69, 9.17) is 4.52 Å². The van der Waals surface area contributed by atoms with Crippen molar-refractivity contribution in [3.63, 3.8) is 0 Å². The van der Waals surface area contributed by atoms with Gasteiger partial charge < -0.3 is 20.1 Å². The Labute approximate surface area is 151 Å². The van der Waals surface area contributed by atoms with E-state index in [1.54, 1.807) is 6.07 Å². The number of nitrogens with one attached hydrogen (secondary N) is 2. The van der Waals surface area contributed by atoms with Gasteiger partial charge in [0.05, 0.1) is 6.20 Å². The fourth-order valence-corrected chi connectivity index (χ4v) is 3.01. The maximum Gasteiger partial charge on any atom is 0.249 e. The van der Waals surface area contributed by atoms with Crippen molar-refractivity contribution >= 4 is 29.0 Å². The molecular formula is C18H21N7O. The molecule has 0 bridgehead atoms. The van der Waals surface area contributed by atoms with Crippen LogP contribution < -0.4 is 15.5 Å². The van der Waals surface area contributed by atoms with Crippen LogP contribution in [-0.4, -0.2) is 33.4 Å². The summed E-state index contributed by atoms with van der Waals surface area (Å²) in [7, 11) is 0. The van der Waals surface area contributed by atoms with E-state index >= 15 is 0 Å².